The Morgan fingerprint density at radius 2 is 1.97 bits per heavy atom. The van der Waals surface area contributed by atoms with Crippen LogP contribution < -0.4 is 9.67 Å². The van der Waals surface area contributed by atoms with Crippen LogP contribution in [-0.2, 0) is 28.5 Å². The summed E-state index contributed by atoms with van der Waals surface area (Å²) in [7, 11) is 1.21. The average molecular weight is 522 g/mol. The summed E-state index contributed by atoms with van der Waals surface area (Å²) in [6.45, 7) is 4.65. The second-order valence-electron chi connectivity index (χ2n) is 8.68. The molecule has 1 fully saturated rings. The molecular weight excluding hydrogens is 490 g/mol. The summed E-state index contributed by atoms with van der Waals surface area (Å²) in [4.78, 5) is 23.7. The lowest BCUT2D eigenvalue weighted by Gasteiger charge is -2.42. The molecule has 3 rings (SSSR count). The number of rotatable bonds is 9. The van der Waals surface area contributed by atoms with E-state index in [9.17, 15) is 35.1 Å². The minimum absolute atomic E-state index is 0.143. The predicted molar refractivity (Wildman–Crippen MR) is 122 cm³/mol. The third kappa shape index (κ3) is 6.24. The first-order valence-corrected chi connectivity index (χ1v) is 11.5. The van der Waals surface area contributed by atoms with Gasteiger partial charge in [0.1, 0.15) is 30.4 Å². The minimum atomic E-state index is -1.66. The lowest BCUT2D eigenvalue weighted by molar-refractivity contribution is -0.712. The molecule has 0 amide bonds. The first-order chi connectivity index (χ1) is 17.6. The van der Waals surface area contributed by atoms with Crippen LogP contribution in [0, 0.1) is 11.8 Å². The molecule has 4 N–H and O–H groups in total. The Morgan fingerprint density at radius 1 is 1.24 bits per heavy atom. The Hall–Kier alpha value is -3.13. The maximum absolute atomic E-state index is 12.5. The number of aliphatic carboxylic acids is 1. The fraction of sp³-hybridized carbons (Fsp3) is 0.480. The van der Waals surface area contributed by atoms with Gasteiger partial charge in [0.25, 0.3) is 0 Å². The van der Waals surface area contributed by atoms with Crippen molar-refractivity contribution in [1.82, 2.24) is 0 Å². The minimum Gasteiger partial charge on any atom is -0.543 e. The topological polar surface area (TPSA) is 179 Å². The van der Waals surface area contributed by atoms with Crippen LogP contribution in [0.2, 0.25) is 0 Å². The van der Waals surface area contributed by atoms with Gasteiger partial charge in [-0.15, -0.1) is 6.58 Å². The Kier molecular flexibility index (Phi) is 9.54. The van der Waals surface area contributed by atoms with E-state index in [-0.39, 0.29) is 5.57 Å². The number of hydrogen-bond acceptors (Lipinski definition) is 11. The fourth-order valence-electron chi connectivity index (χ4n) is 4.10. The van der Waals surface area contributed by atoms with Crippen LogP contribution in [0.25, 0.3) is 6.08 Å². The van der Waals surface area contributed by atoms with E-state index in [2.05, 4.69) is 6.58 Å². The molecule has 0 aliphatic carbocycles. The number of carboxylic acid groups (broad SMARTS) is 1. The first kappa shape index (κ1) is 28.4. The van der Waals surface area contributed by atoms with Gasteiger partial charge >= 0.3 is 5.97 Å². The number of pyridine rings is 1. The molecule has 1 aromatic heterocycles. The fourth-order valence-corrected chi connectivity index (χ4v) is 4.10. The van der Waals surface area contributed by atoms with Crippen molar-refractivity contribution >= 4 is 18.0 Å². The Bertz CT molecular complexity index is 1040. The van der Waals surface area contributed by atoms with Crippen LogP contribution in [-0.4, -0.2) is 83.1 Å². The van der Waals surface area contributed by atoms with Crippen LogP contribution >= 0.6 is 0 Å². The molecule has 0 spiro atoms. The number of hydrogen-bond donors (Lipinski definition) is 4. The van der Waals surface area contributed by atoms with Gasteiger partial charge in [0.05, 0.1) is 31.5 Å². The highest BCUT2D eigenvalue weighted by atomic mass is 16.8. The number of carbonyl (C=O) groups is 2. The van der Waals surface area contributed by atoms with Gasteiger partial charge in [-0.2, -0.15) is 4.57 Å². The summed E-state index contributed by atoms with van der Waals surface area (Å²) < 4.78 is 23.1. The molecule has 12 nitrogen and oxygen atoms in total. The van der Waals surface area contributed by atoms with Gasteiger partial charge < -0.3 is 49.3 Å². The molecule has 2 aliphatic rings. The van der Waals surface area contributed by atoms with Crippen molar-refractivity contribution in [2.75, 3.05) is 13.7 Å². The van der Waals surface area contributed by atoms with Gasteiger partial charge in [-0.05, 0) is 6.07 Å². The lowest BCUT2D eigenvalue weighted by atomic mass is 9.83. The predicted octanol–water partition coefficient (Wildman–Crippen LogP) is -2.05. The Morgan fingerprint density at radius 3 is 2.59 bits per heavy atom. The number of esters is 1. The van der Waals surface area contributed by atoms with Crippen molar-refractivity contribution in [3.05, 3.63) is 60.7 Å². The van der Waals surface area contributed by atoms with E-state index in [1.54, 1.807) is 36.7 Å². The van der Waals surface area contributed by atoms with E-state index < -0.39 is 73.4 Å². The van der Waals surface area contributed by atoms with Gasteiger partial charge in [-0.1, -0.05) is 18.2 Å². The number of carbonyl (C=O) groups excluding carboxylic acids is 2. The largest absolute Gasteiger partial charge is 0.543 e. The molecule has 37 heavy (non-hydrogen) atoms. The van der Waals surface area contributed by atoms with E-state index in [0.29, 0.717) is 5.56 Å². The van der Waals surface area contributed by atoms with E-state index in [1.165, 1.54) is 24.7 Å². The zero-order valence-corrected chi connectivity index (χ0v) is 20.3. The number of allylic oxidation sites excluding steroid dienone is 1. The SMILES string of the molecule is C=C[C@H]1[C@H](O[C@@H]2O[C@H](CO)[C@@H](O)[C@H](O)[C@H]2O)OC=C(C(=O)OC)[C@H]1/C=C/c1ccc[n+]([C@@H](C)C(=O)[O-])c1. The maximum atomic E-state index is 12.5. The second kappa shape index (κ2) is 12.4. The summed E-state index contributed by atoms with van der Waals surface area (Å²) in [6, 6.07) is 2.50. The molecule has 1 aromatic rings. The number of aliphatic hydroxyl groups excluding tert-OH is 4. The van der Waals surface area contributed by atoms with Crippen molar-refractivity contribution in [3.63, 3.8) is 0 Å². The smallest absolute Gasteiger partial charge is 0.337 e. The van der Waals surface area contributed by atoms with Crippen molar-refractivity contribution < 1.29 is 58.6 Å². The van der Waals surface area contributed by atoms with Crippen LogP contribution in [0.5, 0.6) is 0 Å². The zero-order valence-electron chi connectivity index (χ0n) is 20.3. The molecular formula is C25H31NO11. The summed E-state index contributed by atoms with van der Waals surface area (Å²) >= 11 is 0. The maximum Gasteiger partial charge on any atom is 0.337 e. The standard InChI is InChI=1S/C25H31NO11/c1-4-15-16(8-7-14-6-5-9-26(10-14)13(2)22(31)32)17(23(33)34-3)12-35-24(15)37-25-21(30)20(29)19(28)18(11-27)36-25/h4-10,12-13,15-16,18-21,24-25,27-30H,1,11H2,2-3H3/b8-7+/t13-,15+,16-,18+,19+,20-,21+,24-,25-/m0/s1. The van der Waals surface area contributed by atoms with Gasteiger partial charge in [-0.3, -0.25) is 0 Å². The first-order valence-electron chi connectivity index (χ1n) is 11.5. The highest BCUT2D eigenvalue weighted by Gasteiger charge is 2.47. The number of aliphatic hydroxyl groups is 4. The number of ether oxygens (including phenoxy) is 4. The van der Waals surface area contributed by atoms with E-state index in [1.807, 2.05) is 0 Å². The molecule has 9 atom stereocenters. The van der Waals surface area contributed by atoms with Crippen molar-refractivity contribution in [1.29, 1.82) is 0 Å². The molecule has 1 saturated heterocycles. The summed E-state index contributed by atoms with van der Waals surface area (Å²) in [5, 5.41) is 51.1. The highest BCUT2D eigenvalue weighted by molar-refractivity contribution is 5.89. The highest BCUT2D eigenvalue weighted by Crippen LogP contribution is 2.36. The van der Waals surface area contributed by atoms with E-state index >= 15 is 0 Å². The molecule has 2 aliphatic heterocycles. The third-order valence-electron chi connectivity index (χ3n) is 6.36. The average Bonchev–Trinajstić information content (AvgIpc) is 2.91. The molecule has 202 valence electrons. The van der Waals surface area contributed by atoms with Gasteiger partial charge in [0, 0.05) is 24.5 Å². The van der Waals surface area contributed by atoms with Crippen LogP contribution in [0.15, 0.2) is 55.1 Å². The quantitative estimate of drug-likeness (QED) is 0.160. The lowest BCUT2D eigenvalue weighted by Crippen LogP contribution is -2.60. The third-order valence-corrected chi connectivity index (χ3v) is 6.36. The van der Waals surface area contributed by atoms with Crippen LogP contribution in [0.1, 0.15) is 18.5 Å². The van der Waals surface area contributed by atoms with E-state index in [4.69, 9.17) is 18.9 Å². The number of methoxy groups -OCH3 is 1. The van der Waals surface area contributed by atoms with Gasteiger partial charge in [0.15, 0.2) is 24.7 Å². The molecule has 0 saturated carbocycles. The number of aromatic nitrogens is 1. The molecule has 12 heteroatoms. The van der Waals surface area contributed by atoms with Crippen molar-refractivity contribution in [2.45, 2.75) is 50.0 Å². The summed E-state index contributed by atoms with van der Waals surface area (Å²) in [6.07, 6.45) is 0.492. The van der Waals surface area contributed by atoms with Gasteiger partial charge in [-0.25, -0.2) is 4.79 Å². The summed E-state index contributed by atoms with van der Waals surface area (Å²) in [5.41, 5.74) is 0.768. The Balaban J connectivity index is 1.89. The molecule has 3 heterocycles. The van der Waals surface area contributed by atoms with E-state index in [0.717, 1.165) is 6.26 Å². The number of nitrogens with zero attached hydrogens (tertiary/aromatic N) is 1. The zero-order chi connectivity index (χ0) is 27.3. The van der Waals surface area contributed by atoms with Gasteiger partial charge in [0.2, 0.25) is 6.29 Å². The Labute approximate surface area is 213 Å². The molecule has 0 aromatic carbocycles. The van der Waals surface area contributed by atoms with Crippen LogP contribution in [0.3, 0.4) is 0 Å². The normalized spacial score (nSPS) is 32.8. The molecule has 0 unspecified atom stereocenters. The molecule has 0 bridgehead atoms. The second-order valence-corrected chi connectivity index (χ2v) is 8.68. The summed E-state index contributed by atoms with van der Waals surface area (Å²) in [5.74, 6) is -3.32. The van der Waals surface area contributed by atoms with Crippen molar-refractivity contribution in [3.8, 4) is 0 Å². The monoisotopic (exact) mass is 521 g/mol. The number of carboxylic acids is 1. The molecule has 0 radical (unpaired) electrons. The van der Waals surface area contributed by atoms with Crippen LogP contribution in [0.4, 0.5) is 0 Å². The van der Waals surface area contributed by atoms with Crippen molar-refractivity contribution in [2.24, 2.45) is 11.8 Å².